The zero-order valence-electron chi connectivity index (χ0n) is 12.9. The summed E-state index contributed by atoms with van der Waals surface area (Å²) in [6.45, 7) is 3.71. The van der Waals surface area contributed by atoms with Crippen molar-refractivity contribution in [2.45, 2.75) is 20.0 Å². The minimum atomic E-state index is -0.690. The van der Waals surface area contributed by atoms with E-state index < -0.39 is 12.1 Å². The van der Waals surface area contributed by atoms with Gasteiger partial charge in [0.05, 0.1) is 6.61 Å². The largest absolute Gasteiger partial charge is 0.479 e. The van der Waals surface area contributed by atoms with Gasteiger partial charge in [-0.2, -0.15) is 0 Å². The van der Waals surface area contributed by atoms with E-state index in [0.717, 1.165) is 14.8 Å². The van der Waals surface area contributed by atoms with Crippen molar-refractivity contribution in [1.82, 2.24) is 0 Å². The first-order valence-corrected chi connectivity index (χ1v) is 8.20. The van der Waals surface area contributed by atoms with Gasteiger partial charge in [-0.1, -0.05) is 12.1 Å². The molecule has 3 rings (SSSR count). The zero-order valence-corrected chi connectivity index (χ0v) is 13.7. The van der Waals surface area contributed by atoms with E-state index in [0.29, 0.717) is 17.7 Å². The molecule has 0 amide bonds. The van der Waals surface area contributed by atoms with E-state index in [9.17, 15) is 9.59 Å². The second-order valence-electron chi connectivity index (χ2n) is 5.10. The standard InChI is InChI=1S/C18H16O4S/c1-3-21-18(20)11(2)22-12-8-9-14-16(10-12)23-15-7-5-4-6-13(15)17(14)19/h4-11H,3H2,1-2H3. The van der Waals surface area contributed by atoms with Crippen molar-refractivity contribution in [2.75, 3.05) is 6.61 Å². The smallest absolute Gasteiger partial charge is 0.347 e. The molecule has 0 bridgehead atoms. The van der Waals surface area contributed by atoms with Crippen LogP contribution in [-0.2, 0) is 9.53 Å². The number of carbonyl (C=O) groups is 1. The lowest BCUT2D eigenvalue weighted by Crippen LogP contribution is -2.26. The van der Waals surface area contributed by atoms with E-state index in [1.54, 1.807) is 32.0 Å². The van der Waals surface area contributed by atoms with Crippen molar-refractivity contribution in [3.63, 3.8) is 0 Å². The lowest BCUT2D eigenvalue weighted by molar-refractivity contribution is -0.150. The van der Waals surface area contributed by atoms with Crippen molar-refractivity contribution >= 4 is 37.5 Å². The summed E-state index contributed by atoms with van der Waals surface area (Å²) in [5, 5.41) is 1.38. The molecular formula is C18H16O4S. The van der Waals surface area contributed by atoms with E-state index in [2.05, 4.69) is 0 Å². The number of hydrogen-bond acceptors (Lipinski definition) is 5. The molecule has 118 valence electrons. The van der Waals surface area contributed by atoms with Crippen LogP contribution in [0.1, 0.15) is 13.8 Å². The van der Waals surface area contributed by atoms with Crippen LogP contribution in [0.25, 0.3) is 20.2 Å². The highest BCUT2D eigenvalue weighted by molar-refractivity contribution is 7.24. The molecule has 0 N–H and O–H groups in total. The number of rotatable bonds is 4. The number of fused-ring (bicyclic) bond motifs is 2. The van der Waals surface area contributed by atoms with Crippen molar-refractivity contribution in [1.29, 1.82) is 0 Å². The van der Waals surface area contributed by atoms with E-state index in [1.165, 1.54) is 11.3 Å². The Morgan fingerprint density at radius 2 is 1.87 bits per heavy atom. The highest BCUT2D eigenvalue weighted by atomic mass is 32.1. The molecule has 0 aliphatic carbocycles. The molecule has 0 radical (unpaired) electrons. The second-order valence-corrected chi connectivity index (χ2v) is 6.18. The molecule has 0 aliphatic heterocycles. The van der Waals surface area contributed by atoms with E-state index in [4.69, 9.17) is 9.47 Å². The van der Waals surface area contributed by atoms with Gasteiger partial charge in [0.1, 0.15) is 5.75 Å². The van der Waals surface area contributed by atoms with Gasteiger partial charge in [-0.3, -0.25) is 4.79 Å². The monoisotopic (exact) mass is 328 g/mol. The van der Waals surface area contributed by atoms with Crippen LogP contribution in [0.15, 0.2) is 47.3 Å². The first-order chi connectivity index (χ1) is 11.1. The molecule has 0 aliphatic rings. The third kappa shape index (κ3) is 3.05. The third-order valence-electron chi connectivity index (χ3n) is 3.48. The van der Waals surface area contributed by atoms with Crippen LogP contribution in [0.4, 0.5) is 0 Å². The summed E-state index contributed by atoms with van der Waals surface area (Å²) < 4.78 is 12.3. The Bertz CT molecular complexity index is 929. The van der Waals surface area contributed by atoms with E-state index >= 15 is 0 Å². The summed E-state index contributed by atoms with van der Waals surface area (Å²) in [7, 11) is 0. The fourth-order valence-corrected chi connectivity index (χ4v) is 3.47. The Balaban J connectivity index is 2.00. The van der Waals surface area contributed by atoms with Gasteiger partial charge in [-0.05, 0) is 44.2 Å². The highest BCUT2D eigenvalue weighted by Gasteiger charge is 2.16. The molecule has 0 fully saturated rings. The Hall–Kier alpha value is -2.40. The van der Waals surface area contributed by atoms with Crippen LogP contribution < -0.4 is 10.2 Å². The molecule has 4 nitrogen and oxygen atoms in total. The predicted octanol–water partition coefficient (Wildman–Crippen LogP) is 3.75. The van der Waals surface area contributed by atoms with Crippen LogP contribution in [0.2, 0.25) is 0 Å². The molecule has 2 aromatic carbocycles. The normalized spacial score (nSPS) is 12.3. The summed E-state index contributed by atoms with van der Waals surface area (Å²) >= 11 is 1.53. The van der Waals surface area contributed by atoms with Gasteiger partial charge in [-0.25, -0.2) is 4.79 Å². The van der Waals surface area contributed by atoms with Gasteiger partial charge in [0.15, 0.2) is 11.5 Å². The fraction of sp³-hybridized carbons (Fsp3) is 0.222. The summed E-state index contributed by atoms with van der Waals surface area (Å²) in [6.07, 6.45) is -0.690. The Kier molecular flexibility index (Phi) is 4.30. The minimum absolute atomic E-state index is 0.0133. The molecule has 0 saturated carbocycles. The van der Waals surface area contributed by atoms with Gasteiger partial charge in [0, 0.05) is 20.2 Å². The van der Waals surface area contributed by atoms with Crippen molar-refractivity contribution in [2.24, 2.45) is 0 Å². The van der Waals surface area contributed by atoms with Gasteiger partial charge in [-0.15, -0.1) is 11.3 Å². The number of esters is 1. The van der Waals surface area contributed by atoms with Crippen molar-refractivity contribution < 1.29 is 14.3 Å². The second kappa shape index (κ2) is 6.38. The summed E-state index contributed by atoms with van der Waals surface area (Å²) in [6, 6.07) is 12.8. The van der Waals surface area contributed by atoms with Crippen LogP contribution in [0.3, 0.4) is 0 Å². The van der Waals surface area contributed by atoms with Crippen LogP contribution >= 0.6 is 11.3 Å². The molecule has 1 unspecified atom stereocenters. The minimum Gasteiger partial charge on any atom is -0.479 e. The lowest BCUT2D eigenvalue weighted by Gasteiger charge is -2.13. The Morgan fingerprint density at radius 1 is 1.13 bits per heavy atom. The van der Waals surface area contributed by atoms with Gasteiger partial charge >= 0.3 is 5.97 Å². The van der Waals surface area contributed by atoms with Crippen molar-refractivity contribution in [3.8, 4) is 5.75 Å². The number of hydrogen-bond donors (Lipinski definition) is 0. The van der Waals surface area contributed by atoms with Gasteiger partial charge < -0.3 is 9.47 Å². The molecule has 1 atom stereocenters. The average molecular weight is 328 g/mol. The predicted molar refractivity (Wildman–Crippen MR) is 92.3 cm³/mol. The Labute approximate surface area is 137 Å². The number of ether oxygens (including phenoxy) is 2. The van der Waals surface area contributed by atoms with Crippen LogP contribution in [0, 0.1) is 0 Å². The van der Waals surface area contributed by atoms with Gasteiger partial charge in [0.25, 0.3) is 0 Å². The maximum atomic E-state index is 12.5. The SMILES string of the molecule is CCOC(=O)C(C)Oc1ccc2c(=O)c3ccccc3sc2c1. The maximum Gasteiger partial charge on any atom is 0.347 e. The quantitative estimate of drug-likeness (QED) is 0.541. The molecular weight excluding hydrogens is 312 g/mol. The Morgan fingerprint density at radius 3 is 2.65 bits per heavy atom. The zero-order chi connectivity index (χ0) is 16.4. The fourth-order valence-electron chi connectivity index (χ4n) is 2.37. The molecule has 23 heavy (non-hydrogen) atoms. The number of carbonyl (C=O) groups excluding carboxylic acids is 1. The summed E-state index contributed by atoms with van der Waals surface area (Å²) in [4.78, 5) is 24.2. The number of benzene rings is 2. The maximum absolute atomic E-state index is 12.5. The van der Waals surface area contributed by atoms with Crippen LogP contribution in [0.5, 0.6) is 5.75 Å². The topological polar surface area (TPSA) is 52.6 Å². The molecule has 3 aromatic rings. The average Bonchev–Trinajstić information content (AvgIpc) is 2.55. The molecule has 0 spiro atoms. The first kappa shape index (κ1) is 15.5. The van der Waals surface area contributed by atoms with Crippen LogP contribution in [-0.4, -0.2) is 18.7 Å². The first-order valence-electron chi connectivity index (χ1n) is 7.39. The molecule has 1 aromatic heterocycles. The summed E-state index contributed by atoms with van der Waals surface area (Å²) in [5.41, 5.74) is 0.0133. The molecule has 0 saturated heterocycles. The molecule has 1 heterocycles. The van der Waals surface area contributed by atoms with E-state index in [-0.39, 0.29) is 5.43 Å². The molecule has 5 heteroatoms. The van der Waals surface area contributed by atoms with E-state index in [1.807, 2.05) is 24.3 Å². The van der Waals surface area contributed by atoms with Crippen molar-refractivity contribution in [3.05, 3.63) is 52.7 Å². The highest BCUT2D eigenvalue weighted by Crippen LogP contribution is 2.28. The lowest BCUT2D eigenvalue weighted by atomic mass is 10.2. The van der Waals surface area contributed by atoms with Gasteiger partial charge in [0.2, 0.25) is 0 Å². The summed E-state index contributed by atoms with van der Waals surface area (Å²) in [5.74, 6) is 0.142. The third-order valence-corrected chi connectivity index (χ3v) is 4.61.